The van der Waals surface area contributed by atoms with E-state index in [9.17, 15) is 0 Å². The van der Waals surface area contributed by atoms with Crippen molar-refractivity contribution in [2.45, 2.75) is 59.9 Å². The first-order valence-corrected chi connectivity index (χ1v) is 7.47. The summed E-state index contributed by atoms with van der Waals surface area (Å²) in [4.78, 5) is 2.62. The summed E-state index contributed by atoms with van der Waals surface area (Å²) in [5.41, 5.74) is 2.10. The summed E-state index contributed by atoms with van der Waals surface area (Å²) in [6.45, 7) is 16.3. The average molecular weight is 261 g/mol. The van der Waals surface area contributed by atoms with Crippen LogP contribution in [0.5, 0.6) is 0 Å². The number of rotatable bonds is 5. The monoisotopic (exact) mass is 261 g/mol. The Bertz CT molecular complexity index is 354. The third-order valence-corrected chi connectivity index (χ3v) is 3.59. The molecule has 0 aliphatic rings. The Hall–Kier alpha value is -0.820. The van der Waals surface area contributed by atoms with E-state index in [4.69, 9.17) is 0 Å². The maximum Gasteiger partial charge on any atom is 0.0125 e. The second kappa shape index (κ2) is 6.56. The van der Waals surface area contributed by atoms with Gasteiger partial charge in [0.15, 0.2) is 0 Å². The zero-order valence-electron chi connectivity index (χ0n) is 13.7. The number of nitrogens with zero attached hydrogens (tertiary/aromatic N) is 1. The van der Waals surface area contributed by atoms with Crippen molar-refractivity contribution >= 4 is 0 Å². The van der Waals surface area contributed by atoms with Crippen molar-refractivity contribution in [3.63, 3.8) is 0 Å². The lowest BCUT2D eigenvalue weighted by atomic mass is 9.91. The molecule has 19 heavy (non-hydrogen) atoms. The fraction of sp³-hybridized carbons (Fsp3) is 0.667. The highest BCUT2D eigenvalue weighted by molar-refractivity contribution is 5.14. The van der Waals surface area contributed by atoms with Gasteiger partial charge in [0.25, 0.3) is 0 Å². The van der Waals surface area contributed by atoms with Crippen LogP contribution in [0.25, 0.3) is 0 Å². The zero-order chi connectivity index (χ0) is 14.5. The van der Waals surface area contributed by atoms with Gasteiger partial charge >= 0.3 is 0 Å². The molecule has 0 fully saturated rings. The van der Waals surface area contributed by atoms with Crippen LogP contribution in [0.2, 0.25) is 0 Å². The third-order valence-electron chi connectivity index (χ3n) is 3.59. The predicted molar refractivity (Wildman–Crippen MR) is 85.5 cm³/mol. The lowest BCUT2D eigenvalue weighted by Gasteiger charge is -2.37. The topological polar surface area (TPSA) is 3.24 Å². The molecular formula is C18H31N. The lowest BCUT2D eigenvalue weighted by molar-refractivity contribution is 0.120. The van der Waals surface area contributed by atoms with E-state index < -0.39 is 0 Å². The minimum atomic E-state index is 0.250. The quantitative estimate of drug-likeness (QED) is 0.738. The fourth-order valence-corrected chi connectivity index (χ4v) is 2.16. The van der Waals surface area contributed by atoms with Gasteiger partial charge in [0.2, 0.25) is 0 Å². The smallest absolute Gasteiger partial charge is 0.0125 e. The van der Waals surface area contributed by atoms with Crippen LogP contribution < -0.4 is 0 Å². The summed E-state index contributed by atoms with van der Waals surface area (Å²) in [6, 6.07) is 10.8. The van der Waals surface area contributed by atoms with Crippen molar-refractivity contribution in [3.05, 3.63) is 35.9 Å². The van der Waals surface area contributed by atoms with Crippen LogP contribution in [0.1, 0.15) is 53.5 Å². The van der Waals surface area contributed by atoms with Gasteiger partial charge in [0.1, 0.15) is 0 Å². The van der Waals surface area contributed by atoms with Gasteiger partial charge in [-0.05, 0) is 51.1 Å². The molecule has 1 rings (SSSR count). The van der Waals surface area contributed by atoms with E-state index in [1.807, 2.05) is 0 Å². The molecule has 1 heteroatoms. The van der Waals surface area contributed by atoms with E-state index in [0.717, 1.165) is 13.0 Å². The van der Waals surface area contributed by atoms with Gasteiger partial charge < -0.3 is 0 Å². The summed E-state index contributed by atoms with van der Waals surface area (Å²) in [7, 11) is 0. The van der Waals surface area contributed by atoms with Crippen LogP contribution in [-0.4, -0.2) is 23.5 Å². The summed E-state index contributed by atoms with van der Waals surface area (Å²) >= 11 is 0. The van der Waals surface area contributed by atoms with Gasteiger partial charge in [-0.1, -0.05) is 51.1 Å². The first kappa shape index (κ1) is 16.2. The van der Waals surface area contributed by atoms with Gasteiger partial charge in [-0.3, -0.25) is 4.90 Å². The van der Waals surface area contributed by atoms with E-state index in [2.05, 4.69) is 76.8 Å². The van der Waals surface area contributed by atoms with Crippen molar-refractivity contribution < 1.29 is 0 Å². The Morgan fingerprint density at radius 3 is 1.89 bits per heavy atom. The molecule has 0 unspecified atom stereocenters. The maximum absolute atomic E-state index is 2.62. The molecule has 0 amide bonds. The SMILES string of the molecule is CC(C)(C)CCN(CCc1ccccc1)C(C)(C)C. The van der Waals surface area contributed by atoms with Crippen molar-refractivity contribution in [1.29, 1.82) is 0 Å². The molecule has 108 valence electrons. The number of benzene rings is 1. The molecule has 0 radical (unpaired) electrons. The highest BCUT2D eigenvalue weighted by Gasteiger charge is 2.22. The Kier molecular flexibility index (Phi) is 5.61. The highest BCUT2D eigenvalue weighted by atomic mass is 15.2. The molecule has 0 heterocycles. The van der Waals surface area contributed by atoms with Gasteiger partial charge in [-0.25, -0.2) is 0 Å². The molecule has 0 atom stereocenters. The van der Waals surface area contributed by atoms with Crippen LogP contribution in [0.4, 0.5) is 0 Å². The van der Waals surface area contributed by atoms with Gasteiger partial charge in [0, 0.05) is 12.1 Å². The van der Waals surface area contributed by atoms with Crippen LogP contribution in [0.3, 0.4) is 0 Å². The summed E-state index contributed by atoms with van der Waals surface area (Å²) in [5.74, 6) is 0. The molecule has 0 saturated carbocycles. The first-order chi connectivity index (χ1) is 8.68. The van der Waals surface area contributed by atoms with Crippen molar-refractivity contribution in [1.82, 2.24) is 4.90 Å². The van der Waals surface area contributed by atoms with Crippen LogP contribution in [0.15, 0.2) is 30.3 Å². The molecule has 0 aromatic heterocycles. The van der Waals surface area contributed by atoms with Crippen LogP contribution >= 0.6 is 0 Å². The molecule has 0 aliphatic carbocycles. The molecule has 0 saturated heterocycles. The van der Waals surface area contributed by atoms with Crippen molar-refractivity contribution in [2.75, 3.05) is 13.1 Å². The van der Waals surface area contributed by atoms with Crippen molar-refractivity contribution in [2.24, 2.45) is 5.41 Å². The predicted octanol–water partition coefficient (Wildman–Crippen LogP) is 4.77. The van der Waals surface area contributed by atoms with Crippen LogP contribution in [-0.2, 0) is 6.42 Å². The highest BCUT2D eigenvalue weighted by Crippen LogP contribution is 2.22. The van der Waals surface area contributed by atoms with Gasteiger partial charge in [0.05, 0.1) is 0 Å². The molecular weight excluding hydrogens is 230 g/mol. The molecule has 0 spiro atoms. The number of hydrogen-bond donors (Lipinski definition) is 0. The molecule has 0 aliphatic heterocycles. The Morgan fingerprint density at radius 2 is 1.42 bits per heavy atom. The first-order valence-electron chi connectivity index (χ1n) is 7.47. The third kappa shape index (κ3) is 6.77. The van der Waals surface area contributed by atoms with E-state index in [-0.39, 0.29) is 5.54 Å². The normalized spacial score (nSPS) is 13.0. The van der Waals surface area contributed by atoms with E-state index in [0.29, 0.717) is 5.41 Å². The molecule has 1 aromatic carbocycles. The summed E-state index contributed by atoms with van der Waals surface area (Å²) < 4.78 is 0. The Balaban J connectivity index is 2.56. The molecule has 0 N–H and O–H groups in total. The Labute approximate surface area is 120 Å². The molecule has 1 nitrogen and oxygen atoms in total. The summed E-state index contributed by atoms with van der Waals surface area (Å²) in [5, 5.41) is 0. The van der Waals surface area contributed by atoms with Crippen molar-refractivity contribution in [3.8, 4) is 0 Å². The lowest BCUT2D eigenvalue weighted by Crippen LogP contribution is -2.44. The average Bonchev–Trinajstić information content (AvgIpc) is 2.27. The zero-order valence-corrected chi connectivity index (χ0v) is 13.7. The summed E-state index contributed by atoms with van der Waals surface area (Å²) in [6.07, 6.45) is 2.39. The maximum atomic E-state index is 2.62. The molecule has 0 bridgehead atoms. The fourth-order valence-electron chi connectivity index (χ4n) is 2.16. The minimum absolute atomic E-state index is 0.250. The standard InChI is InChI=1S/C18H31N/c1-17(2,3)13-15-19(18(4,5)6)14-12-16-10-8-7-9-11-16/h7-11H,12-15H2,1-6H3. The largest absolute Gasteiger partial charge is 0.298 e. The van der Waals surface area contributed by atoms with Gasteiger partial charge in [-0.2, -0.15) is 0 Å². The van der Waals surface area contributed by atoms with E-state index in [1.54, 1.807) is 0 Å². The van der Waals surface area contributed by atoms with E-state index >= 15 is 0 Å². The minimum Gasteiger partial charge on any atom is -0.298 e. The number of hydrogen-bond acceptors (Lipinski definition) is 1. The second-order valence-electron chi connectivity index (χ2n) is 7.70. The van der Waals surface area contributed by atoms with Gasteiger partial charge in [-0.15, -0.1) is 0 Å². The molecule has 1 aromatic rings. The second-order valence-corrected chi connectivity index (χ2v) is 7.70. The van der Waals surface area contributed by atoms with Crippen LogP contribution in [0, 0.1) is 5.41 Å². The Morgan fingerprint density at radius 1 is 0.842 bits per heavy atom. The van der Waals surface area contributed by atoms with E-state index in [1.165, 1.54) is 18.5 Å².